The first kappa shape index (κ1) is 27.8. The van der Waals surface area contributed by atoms with Gasteiger partial charge in [0.15, 0.2) is 0 Å². The number of urea groups is 1. The van der Waals surface area contributed by atoms with Crippen LogP contribution in [-0.2, 0) is 42.3 Å². The van der Waals surface area contributed by atoms with Gasteiger partial charge in [0.1, 0.15) is 0 Å². The summed E-state index contributed by atoms with van der Waals surface area (Å²) in [5.41, 5.74) is 1.55. The third kappa shape index (κ3) is 11.1. The maximum atomic E-state index is 11.6. The van der Waals surface area contributed by atoms with Gasteiger partial charge in [-0.3, -0.25) is 9.59 Å². The number of hydrogen-bond acceptors (Lipinski definition) is 3. The van der Waals surface area contributed by atoms with Gasteiger partial charge in [-0.05, 0) is 24.3 Å². The molecule has 1 radical (unpaired) electrons. The first-order chi connectivity index (χ1) is 13.9. The number of para-hydroxylation sites is 2. The van der Waals surface area contributed by atoms with Gasteiger partial charge >= 0.3 is 6.03 Å². The minimum absolute atomic E-state index is 0. The van der Waals surface area contributed by atoms with Crippen molar-refractivity contribution in [3.05, 3.63) is 67.6 Å². The summed E-state index contributed by atoms with van der Waals surface area (Å²) in [6.45, 7) is 5.91. The van der Waals surface area contributed by atoms with Crippen molar-refractivity contribution < 1.29 is 47.1 Å². The molecule has 2 N–H and O–H groups in total. The van der Waals surface area contributed by atoms with Gasteiger partial charge in [0.05, 0.1) is 6.54 Å². The van der Waals surface area contributed by atoms with Gasteiger partial charge in [0.25, 0.3) is 0 Å². The second-order valence-corrected chi connectivity index (χ2v) is 6.23. The minimum Gasteiger partial charge on any atom is -0.374 e. The number of benzene rings is 2. The molecule has 0 aliphatic carbocycles. The number of carbonyl (C=O) groups excluding carboxylic acids is 3. The Morgan fingerprint density at radius 2 is 1.23 bits per heavy atom. The number of nitrogens with one attached hydrogen (secondary N) is 2. The summed E-state index contributed by atoms with van der Waals surface area (Å²) >= 11 is 0. The third-order valence-corrected chi connectivity index (χ3v) is 3.93. The van der Waals surface area contributed by atoms with E-state index in [0.29, 0.717) is 13.0 Å². The van der Waals surface area contributed by atoms with Crippen LogP contribution in [0.1, 0.15) is 13.3 Å². The van der Waals surface area contributed by atoms with Gasteiger partial charge in [-0.25, -0.2) is 4.79 Å². The van der Waals surface area contributed by atoms with Crippen molar-refractivity contribution in [1.29, 1.82) is 0 Å². The zero-order valence-corrected chi connectivity index (χ0v) is 20.6. The number of anilines is 2. The molecule has 2 rings (SSSR count). The Balaban J connectivity index is 0.000000557. The van der Waals surface area contributed by atoms with Crippen LogP contribution in [0.15, 0.2) is 60.7 Å². The quantitative estimate of drug-likeness (QED) is 0.614. The van der Waals surface area contributed by atoms with Crippen molar-refractivity contribution in [2.45, 2.75) is 13.3 Å². The van der Waals surface area contributed by atoms with Crippen LogP contribution in [0.4, 0.5) is 16.2 Å². The number of rotatable bonds is 6. The van der Waals surface area contributed by atoms with Crippen LogP contribution in [0.2, 0.25) is 0 Å². The number of nitrogens with zero attached hydrogens (tertiary/aromatic N) is 2. The summed E-state index contributed by atoms with van der Waals surface area (Å²) in [6.07, 6.45) is 0.428. The van der Waals surface area contributed by atoms with E-state index in [1.165, 1.54) is 9.80 Å². The molecule has 0 atom stereocenters. The Morgan fingerprint density at radius 1 is 0.800 bits per heavy atom. The fourth-order valence-electron chi connectivity index (χ4n) is 2.14. The summed E-state index contributed by atoms with van der Waals surface area (Å²) in [5, 5.41) is 5.48. The zero-order chi connectivity index (χ0) is 21.6. The van der Waals surface area contributed by atoms with E-state index in [2.05, 4.69) is 17.6 Å². The van der Waals surface area contributed by atoms with Gasteiger partial charge < -0.3 is 27.4 Å². The predicted octanol–water partition coefficient (Wildman–Crippen LogP) is 3.48. The third-order valence-electron chi connectivity index (χ3n) is 3.93. The molecule has 0 bridgehead atoms. The molecule has 7 nitrogen and oxygen atoms in total. The standard InChI is InChI=1S/C13H12N2O.C9H17N2O2.Y/c16-13(14-11-7-3-1-4-8-11)15-12-9-5-2-6-10-12;1-5-8(12)11(4)7-9(13)10(3)6-2;/h1-10H,(H2,14,15,16);2,5-7H2,1,3-4H3;/q;-1;. The normalized spacial score (nSPS) is 9.20. The van der Waals surface area contributed by atoms with Crippen molar-refractivity contribution in [3.63, 3.8) is 0 Å². The Kier molecular flexibility index (Phi) is 14.4. The molecule has 30 heavy (non-hydrogen) atoms. The molecule has 0 heterocycles. The minimum atomic E-state index is -0.239. The van der Waals surface area contributed by atoms with Gasteiger partial charge in [0.2, 0.25) is 11.8 Å². The van der Waals surface area contributed by atoms with Gasteiger partial charge in [-0.15, -0.1) is 6.54 Å². The Morgan fingerprint density at radius 3 is 1.60 bits per heavy atom. The second-order valence-electron chi connectivity index (χ2n) is 6.23. The molecule has 0 aromatic heterocycles. The maximum Gasteiger partial charge on any atom is 0.323 e. The Hall–Kier alpha value is -2.25. The van der Waals surface area contributed by atoms with Crippen LogP contribution in [0, 0.1) is 6.92 Å². The molecule has 0 saturated heterocycles. The molecule has 4 amide bonds. The fourth-order valence-corrected chi connectivity index (χ4v) is 2.14. The number of carbonyl (C=O) groups is 3. The molecule has 159 valence electrons. The van der Waals surface area contributed by atoms with Crippen molar-refractivity contribution in [2.75, 3.05) is 37.8 Å². The molecule has 2 aromatic carbocycles. The molecule has 0 saturated carbocycles. The van der Waals surface area contributed by atoms with Crippen LogP contribution < -0.4 is 10.6 Å². The van der Waals surface area contributed by atoms with E-state index in [4.69, 9.17) is 0 Å². The van der Waals surface area contributed by atoms with E-state index < -0.39 is 0 Å². The van der Waals surface area contributed by atoms with Gasteiger partial charge in [-0.2, -0.15) is 0 Å². The first-order valence-corrected chi connectivity index (χ1v) is 9.32. The van der Waals surface area contributed by atoms with E-state index in [1.807, 2.05) is 60.7 Å². The van der Waals surface area contributed by atoms with Crippen LogP contribution in [0.5, 0.6) is 0 Å². The summed E-state index contributed by atoms with van der Waals surface area (Å²) in [6, 6.07) is 18.4. The second kappa shape index (κ2) is 15.6. The summed E-state index contributed by atoms with van der Waals surface area (Å²) in [4.78, 5) is 36.9. The van der Waals surface area contributed by atoms with Gasteiger partial charge in [-0.1, -0.05) is 43.3 Å². The largest absolute Gasteiger partial charge is 0.374 e. The van der Waals surface area contributed by atoms with Crippen molar-refractivity contribution in [3.8, 4) is 0 Å². The molecular weight excluding hydrogens is 457 g/mol. The number of hydrogen-bond donors (Lipinski definition) is 2. The molecule has 0 fully saturated rings. The summed E-state index contributed by atoms with van der Waals surface area (Å²) < 4.78 is 0. The molecule has 0 unspecified atom stereocenters. The van der Waals surface area contributed by atoms with Crippen molar-refractivity contribution in [2.24, 2.45) is 0 Å². The van der Waals surface area contributed by atoms with Crippen LogP contribution in [0.25, 0.3) is 0 Å². The average Bonchev–Trinajstić information content (AvgIpc) is 2.74. The SMILES string of the molecule is O=C(Nc1ccccc1)Nc1ccccc1.[CH2-]CN(C)C(=O)CN(C)C(=O)CC.[Y]. The van der Waals surface area contributed by atoms with Crippen LogP contribution in [-0.4, -0.2) is 54.8 Å². The summed E-state index contributed by atoms with van der Waals surface area (Å²) in [5.74, 6) is -0.106. The van der Waals surface area contributed by atoms with E-state index in [-0.39, 0.29) is 57.1 Å². The van der Waals surface area contributed by atoms with E-state index >= 15 is 0 Å². The van der Waals surface area contributed by atoms with Crippen molar-refractivity contribution >= 4 is 29.2 Å². The molecule has 8 heteroatoms. The van der Waals surface area contributed by atoms with E-state index in [1.54, 1.807) is 21.0 Å². The van der Waals surface area contributed by atoms with E-state index in [0.717, 1.165) is 11.4 Å². The Bertz CT molecular complexity index is 729. The molecule has 0 aliphatic rings. The number of amides is 4. The molecular formula is C22H29N4O3Y-. The maximum absolute atomic E-state index is 11.6. The van der Waals surface area contributed by atoms with E-state index in [9.17, 15) is 14.4 Å². The number of likely N-dealkylation sites (N-methyl/N-ethyl adjacent to an activating group) is 2. The first-order valence-electron chi connectivity index (χ1n) is 9.32. The Labute approximate surface area is 204 Å². The van der Waals surface area contributed by atoms with Crippen molar-refractivity contribution in [1.82, 2.24) is 9.80 Å². The summed E-state index contributed by atoms with van der Waals surface area (Å²) in [7, 11) is 3.29. The van der Waals surface area contributed by atoms with Crippen LogP contribution >= 0.6 is 0 Å². The zero-order valence-electron chi connectivity index (χ0n) is 17.8. The monoisotopic (exact) mass is 486 g/mol. The molecule has 0 aliphatic heterocycles. The molecule has 2 aromatic rings. The average molecular weight is 486 g/mol. The van der Waals surface area contributed by atoms with Gasteiger partial charge in [0, 0.05) is 64.6 Å². The predicted molar refractivity (Wildman–Crippen MR) is 116 cm³/mol. The fraction of sp³-hybridized carbons (Fsp3) is 0.273. The topological polar surface area (TPSA) is 81.8 Å². The smallest absolute Gasteiger partial charge is 0.323 e. The molecule has 0 spiro atoms. The van der Waals surface area contributed by atoms with Crippen LogP contribution in [0.3, 0.4) is 0 Å².